The molecule has 7 aromatic rings. The first-order valence-electron chi connectivity index (χ1n) is 36.4. The van der Waals surface area contributed by atoms with Crippen LogP contribution in [0.1, 0.15) is 294 Å². The number of aromatic nitrogens is 4. The molecule has 4 heterocycles. The average Bonchev–Trinajstić information content (AvgIpc) is 1.74. The fraction of sp³-hybridized carbons (Fsp3) is 0.641. The molecule has 0 atom stereocenters. The smallest absolute Gasteiger partial charge is 0.161 e. The number of fused-ring (bicyclic) bond motifs is 2. The molecule has 7 rings (SSSR count). The minimum Gasteiger partial charge on any atom is -0.490 e. The number of unbranched alkanes of at least 4 members (excludes halogenated alkanes) is 36. The van der Waals surface area contributed by atoms with Crippen LogP contribution in [-0.2, 0) is 0 Å². The molecule has 0 radical (unpaired) electrons. The van der Waals surface area contributed by atoms with Crippen molar-refractivity contribution in [3.8, 4) is 66.4 Å². The molecule has 490 valence electrons. The fourth-order valence-corrected chi connectivity index (χ4v) is 14.8. The van der Waals surface area contributed by atoms with Crippen LogP contribution in [-0.4, -0.2) is 45.1 Å². The fourth-order valence-electron chi connectivity index (χ4n) is 12.4. The molecule has 0 amide bonds. The van der Waals surface area contributed by atoms with Gasteiger partial charge in [-0.3, -0.25) is 0 Å². The average molecular weight is 1270 g/mol. The van der Waals surface area contributed by atoms with Crippen molar-refractivity contribution in [1.82, 2.24) is 18.7 Å². The Balaban J connectivity index is 1.24. The number of nitrogens with zero attached hydrogens (tertiary/aromatic N) is 4. The second-order valence-corrected chi connectivity index (χ2v) is 28.7. The molecular weight excluding hydrogens is 1150 g/mol. The zero-order valence-electron chi connectivity index (χ0n) is 56.5. The van der Waals surface area contributed by atoms with Crippen LogP contribution in [0.15, 0.2) is 60.7 Å². The first-order valence-corrected chi connectivity index (χ1v) is 38.7. The summed E-state index contributed by atoms with van der Waals surface area (Å²) in [5.74, 6) is 3.10. The quantitative estimate of drug-likeness (QED) is 0.0349. The molecule has 3 aromatic carbocycles. The molecule has 11 heteroatoms. The highest BCUT2D eigenvalue weighted by atomic mass is 32.1. The molecule has 89 heavy (non-hydrogen) atoms. The molecule has 0 fully saturated rings. The van der Waals surface area contributed by atoms with E-state index in [1.807, 2.05) is 0 Å². The van der Waals surface area contributed by atoms with E-state index in [1.54, 1.807) is 22.7 Å². The van der Waals surface area contributed by atoms with Gasteiger partial charge in [-0.25, -0.2) is 9.97 Å². The van der Waals surface area contributed by atoms with E-state index in [-0.39, 0.29) is 0 Å². The summed E-state index contributed by atoms with van der Waals surface area (Å²) in [7, 11) is 0. The van der Waals surface area contributed by atoms with Crippen LogP contribution in [0.2, 0.25) is 0 Å². The van der Waals surface area contributed by atoms with E-state index < -0.39 is 0 Å². The number of rotatable bonds is 52. The molecule has 0 spiro atoms. The highest BCUT2D eigenvalue weighted by molar-refractivity contribution is 7.16. The van der Waals surface area contributed by atoms with E-state index in [1.165, 1.54) is 240 Å². The van der Waals surface area contributed by atoms with Crippen LogP contribution >= 0.6 is 34.4 Å². The number of thiophene rings is 2. The van der Waals surface area contributed by atoms with Crippen LogP contribution in [0.4, 0.5) is 0 Å². The minimum atomic E-state index is 0.630. The lowest BCUT2D eigenvalue weighted by Crippen LogP contribution is -2.05. The molecule has 0 bridgehead atoms. The minimum absolute atomic E-state index is 0.630. The second kappa shape index (κ2) is 43.3. The van der Waals surface area contributed by atoms with Crippen molar-refractivity contribution in [2.45, 2.75) is 298 Å². The van der Waals surface area contributed by atoms with Crippen molar-refractivity contribution in [2.75, 3.05) is 26.4 Å². The van der Waals surface area contributed by atoms with Crippen LogP contribution in [0.5, 0.6) is 23.0 Å². The van der Waals surface area contributed by atoms with Crippen molar-refractivity contribution in [3.63, 3.8) is 0 Å². The zero-order chi connectivity index (χ0) is 62.4. The Hall–Kier alpha value is -4.58. The van der Waals surface area contributed by atoms with Gasteiger partial charge in [-0.1, -0.05) is 259 Å². The topological polar surface area (TPSA) is 88.5 Å². The van der Waals surface area contributed by atoms with Gasteiger partial charge in [0.15, 0.2) is 23.0 Å². The second-order valence-electron chi connectivity index (χ2n) is 25.6. The SMILES string of the molecule is CCCCCCCCCCCCOc1ccc(-c2nc3c(-c4ccc(C)s4)c4nsnc4c(-c4ccc(C)s4)c3nc2-c2ccc(OCCCCCCCCCCCC)c(OCCCCCCCCCCCC)c2)cc1OCCCCCCCCCCCC. The maximum atomic E-state index is 6.89. The van der Waals surface area contributed by atoms with Gasteiger partial charge in [0.2, 0.25) is 0 Å². The van der Waals surface area contributed by atoms with Crippen molar-refractivity contribution >= 4 is 56.5 Å². The van der Waals surface area contributed by atoms with Crippen molar-refractivity contribution in [2.24, 2.45) is 0 Å². The third-order valence-corrected chi connectivity index (χ3v) is 20.3. The zero-order valence-corrected chi connectivity index (χ0v) is 59.0. The number of ether oxygens (including phenoxy) is 4. The standard InChI is InChI=1S/C78H116N4O4S3/c1-7-11-15-19-23-27-31-35-39-43-55-83-65-51-49-63(59-67(65)85-57-45-41-37-33-29-25-21-17-13-9-3)73-74(80-76-72(70-54-48-62(6)88-70)78-77(81-89-82-78)71(75(76)79-73)69-53-47-61(5)87-69)64-50-52-66(84-56-44-40-36-32-28-24-20-16-12-8-2)68(60-64)86-58-46-42-38-34-30-26-22-18-14-10-4/h47-54,59-60H,7-46,55-58H2,1-6H3. The summed E-state index contributed by atoms with van der Waals surface area (Å²) < 4.78 is 37.3. The van der Waals surface area contributed by atoms with Gasteiger partial charge >= 0.3 is 0 Å². The third-order valence-electron chi connectivity index (χ3n) is 17.8. The predicted molar refractivity (Wildman–Crippen MR) is 387 cm³/mol. The Labute approximate surface area is 552 Å². The summed E-state index contributed by atoms with van der Waals surface area (Å²) in [6.45, 7) is 16.1. The molecule has 0 aliphatic rings. The summed E-state index contributed by atoms with van der Waals surface area (Å²) >= 11 is 4.80. The summed E-state index contributed by atoms with van der Waals surface area (Å²) in [5.41, 5.74) is 8.69. The van der Waals surface area contributed by atoms with Gasteiger partial charge in [-0.05, 0) is 100 Å². The molecule has 0 unspecified atom stereocenters. The number of hydrogen-bond acceptors (Lipinski definition) is 11. The Morgan fingerprint density at radius 1 is 0.292 bits per heavy atom. The largest absolute Gasteiger partial charge is 0.490 e. The monoisotopic (exact) mass is 1270 g/mol. The van der Waals surface area contributed by atoms with E-state index in [0.717, 1.165) is 127 Å². The lowest BCUT2D eigenvalue weighted by molar-refractivity contribution is 0.258. The van der Waals surface area contributed by atoms with Crippen LogP contribution < -0.4 is 18.9 Å². The number of benzene rings is 3. The molecule has 0 N–H and O–H groups in total. The lowest BCUT2D eigenvalue weighted by Gasteiger charge is -2.19. The molecule has 0 aliphatic heterocycles. The van der Waals surface area contributed by atoms with Crippen molar-refractivity contribution in [3.05, 3.63) is 70.4 Å². The van der Waals surface area contributed by atoms with E-state index in [0.29, 0.717) is 26.4 Å². The highest BCUT2D eigenvalue weighted by Gasteiger charge is 2.27. The lowest BCUT2D eigenvalue weighted by atomic mass is 9.98. The summed E-state index contributed by atoms with van der Waals surface area (Å²) in [4.78, 5) is 16.5. The van der Waals surface area contributed by atoms with Gasteiger partial charge < -0.3 is 18.9 Å². The predicted octanol–water partition coefficient (Wildman–Crippen LogP) is 26.2. The van der Waals surface area contributed by atoms with E-state index in [9.17, 15) is 0 Å². The van der Waals surface area contributed by atoms with Gasteiger partial charge in [0.05, 0.1) is 49.5 Å². The Morgan fingerprint density at radius 3 is 0.831 bits per heavy atom. The molecule has 0 saturated heterocycles. The summed E-state index contributed by atoms with van der Waals surface area (Å²) in [6, 6.07) is 21.8. The van der Waals surface area contributed by atoms with Crippen LogP contribution in [0.25, 0.3) is 65.5 Å². The summed E-state index contributed by atoms with van der Waals surface area (Å²) in [5, 5.41) is 0. The van der Waals surface area contributed by atoms with Crippen LogP contribution in [0, 0.1) is 13.8 Å². The van der Waals surface area contributed by atoms with Gasteiger partial charge in [0.1, 0.15) is 22.1 Å². The Morgan fingerprint density at radius 2 is 0.562 bits per heavy atom. The Bertz CT molecular complexity index is 2820. The first kappa shape index (κ1) is 71.9. The maximum absolute atomic E-state index is 6.89. The molecule has 0 aliphatic carbocycles. The van der Waals surface area contributed by atoms with Gasteiger partial charge in [-0.15, -0.1) is 22.7 Å². The van der Waals surface area contributed by atoms with Gasteiger partial charge in [0.25, 0.3) is 0 Å². The summed E-state index contributed by atoms with van der Waals surface area (Å²) in [6.07, 6.45) is 51.2. The molecule has 0 saturated carbocycles. The molecule has 8 nitrogen and oxygen atoms in total. The van der Waals surface area contributed by atoms with Gasteiger partial charge in [0, 0.05) is 41.8 Å². The number of hydrogen-bond donors (Lipinski definition) is 0. The van der Waals surface area contributed by atoms with Crippen molar-refractivity contribution in [1.29, 1.82) is 0 Å². The van der Waals surface area contributed by atoms with Crippen LogP contribution in [0.3, 0.4) is 0 Å². The third kappa shape index (κ3) is 24.8. The maximum Gasteiger partial charge on any atom is 0.161 e. The Kier molecular flexibility index (Phi) is 34.9. The highest BCUT2D eigenvalue weighted by Crippen LogP contribution is 2.48. The van der Waals surface area contributed by atoms with Gasteiger partial charge in [-0.2, -0.15) is 8.75 Å². The van der Waals surface area contributed by atoms with E-state index >= 15 is 0 Å². The van der Waals surface area contributed by atoms with E-state index in [4.69, 9.17) is 37.7 Å². The normalized spacial score (nSPS) is 11.7. The molecule has 4 aromatic heterocycles. The number of aryl methyl sites for hydroxylation is 2. The van der Waals surface area contributed by atoms with E-state index in [2.05, 4.69) is 102 Å². The van der Waals surface area contributed by atoms with Crippen molar-refractivity contribution < 1.29 is 18.9 Å². The molecular formula is C78H116N4O4S3. The first-order chi connectivity index (χ1) is 43.9.